The molecular weight excluding hydrogens is 652 g/mol. The molecule has 0 spiro atoms. The smallest absolute Gasteiger partial charge is 0.165 e. The lowest BCUT2D eigenvalue weighted by Gasteiger charge is -2.54. The van der Waals surface area contributed by atoms with E-state index in [2.05, 4.69) is 19.9 Å². The largest absolute Gasteiger partial charge is 0.393 e. The van der Waals surface area contributed by atoms with Gasteiger partial charge in [0.2, 0.25) is 0 Å². The molecule has 3 fully saturated rings. The van der Waals surface area contributed by atoms with Crippen LogP contribution in [0.1, 0.15) is 116 Å². The lowest BCUT2D eigenvalue weighted by molar-refractivity contribution is -0.153. The summed E-state index contributed by atoms with van der Waals surface area (Å²) in [6, 6.07) is 10.0. The topological polar surface area (TPSA) is 132 Å². The molecule has 7 heteroatoms. The molecule has 0 saturated heterocycles. The van der Waals surface area contributed by atoms with Crippen molar-refractivity contribution in [2.24, 2.45) is 34.5 Å². The molecule has 0 unspecified atom stereocenters. The fraction of sp³-hybridized carbons (Fsp3) is 0.622. The molecule has 0 heterocycles. The fourth-order valence-electron chi connectivity index (χ4n) is 10.7. The molecule has 0 aliphatic heterocycles. The van der Waals surface area contributed by atoms with Crippen LogP contribution in [-0.2, 0) is 20.8 Å². The number of hydrogen-bond acceptors (Lipinski definition) is 7. The third-order valence-electron chi connectivity index (χ3n) is 14.0. The highest BCUT2D eigenvalue weighted by Gasteiger charge is 2.64. The van der Waals surface area contributed by atoms with Crippen molar-refractivity contribution in [1.82, 2.24) is 0 Å². The highest BCUT2D eigenvalue weighted by atomic mass is 16.3. The number of carbonyl (C=O) groups is 3. The quantitative estimate of drug-likeness (QED) is 0.113. The Bertz CT molecular complexity index is 1590. The normalized spacial score (nSPS) is 36.3. The standard InChI is InChI=1S/C45H60O7/c1-43-25-22-34(48)28-31(43)15-19-37-38(43)23-26-44(2)39(37)24-27-45(44,52)42(51)21-18-32(46)12-8-3-4-9-13-35-36(41(50)29-40(35)49)20-17-33(47)16-14-30-10-6-5-7-11-30/h4-7,9-11,17,20,23,28,33,35-37,39-41,47,49-50,52H,3,8,12-16,18-19,21-22,24-27,29H2,1-2H3/b9-4-,20-17+/t33-,35+,36+,37+,39-,40-,41+,43-,44-,45-/m0/s1. The van der Waals surface area contributed by atoms with Gasteiger partial charge in [0.05, 0.1) is 18.3 Å². The van der Waals surface area contributed by atoms with Crippen LogP contribution < -0.4 is 0 Å². The minimum Gasteiger partial charge on any atom is -0.393 e. The summed E-state index contributed by atoms with van der Waals surface area (Å²) in [5.41, 5.74) is 1.78. The summed E-state index contributed by atoms with van der Waals surface area (Å²) in [7, 11) is 0. The number of carbonyl (C=O) groups excluding carboxylic acids is 3. The van der Waals surface area contributed by atoms with E-state index in [1.165, 1.54) is 16.7 Å². The van der Waals surface area contributed by atoms with Crippen LogP contribution in [0.3, 0.4) is 0 Å². The molecular formula is C45H60O7. The molecule has 0 aromatic heterocycles. The summed E-state index contributed by atoms with van der Waals surface area (Å²) < 4.78 is 0. The summed E-state index contributed by atoms with van der Waals surface area (Å²) >= 11 is 0. The Morgan fingerprint density at radius 3 is 2.56 bits per heavy atom. The average molecular weight is 713 g/mol. The first-order valence-corrected chi connectivity index (χ1v) is 20.0. The van der Waals surface area contributed by atoms with Gasteiger partial charge in [0.15, 0.2) is 11.6 Å². The molecule has 6 rings (SSSR count). The number of Topliss-reactive ketones (excluding diaryl/α,β-unsaturated/α-hetero) is 2. The zero-order valence-electron chi connectivity index (χ0n) is 31.2. The van der Waals surface area contributed by atoms with Gasteiger partial charge in [-0.2, -0.15) is 0 Å². The zero-order chi connectivity index (χ0) is 37.1. The van der Waals surface area contributed by atoms with E-state index < -0.39 is 29.3 Å². The van der Waals surface area contributed by atoms with Crippen LogP contribution in [0.4, 0.5) is 0 Å². The summed E-state index contributed by atoms with van der Waals surface area (Å²) in [6.45, 7) is 4.37. The Hall–Kier alpha value is -2.97. The Kier molecular flexibility index (Phi) is 12.1. The van der Waals surface area contributed by atoms with Gasteiger partial charge in [-0.3, -0.25) is 14.4 Å². The van der Waals surface area contributed by atoms with Crippen molar-refractivity contribution in [1.29, 1.82) is 0 Å². The third-order valence-corrected chi connectivity index (χ3v) is 14.0. The van der Waals surface area contributed by atoms with Crippen LogP contribution in [0.25, 0.3) is 0 Å². The van der Waals surface area contributed by atoms with E-state index >= 15 is 0 Å². The number of aliphatic hydroxyl groups excluding tert-OH is 3. The summed E-state index contributed by atoms with van der Waals surface area (Å²) in [4.78, 5) is 38.7. The van der Waals surface area contributed by atoms with Crippen LogP contribution in [0.5, 0.6) is 0 Å². The number of aliphatic hydroxyl groups is 4. The minimum atomic E-state index is -1.42. The maximum absolute atomic E-state index is 13.7. The first kappa shape index (κ1) is 38.7. The van der Waals surface area contributed by atoms with Gasteiger partial charge < -0.3 is 20.4 Å². The van der Waals surface area contributed by atoms with E-state index in [1.54, 1.807) is 6.08 Å². The molecule has 52 heavy (non-hydrogen) atoms. The first-order valence-electron chi connectivity index (χ1n) is 20.0. The predicted molar refractivity (Wildman–Crippen MR) is 202 cm³/mol. The Morgan fingerprint density at radius 2 is 1.77 bits per heavy atom. The van der Waals surface area contributed by atoms with Gasteiger partial charge in [-0.1, -0.05) is 85.7 Å². The highest BCUT2D eigenvalue weighted by Crippen LogP contribution is 2.65. The number of benzene rings is 1. The molecule has 3 saturated carbocycles. The van der Waals surface area contributed by atoms with Crippen LogP contribution in [0, 0.1) is 34.5 Å². The van der Waals surface area contributed by atoms with Crippen LogP contribution >= 0.6 is 0 Å². The molecule has 1 aromatic rings. The molecule has 0 bridgehead atoms. The maximum atomic E-state index is 13.7. The molecule has 5 aliphatic rings. The molecule has 0 amide bonds. The van der Waals surface area contributed by atoms with Gasteiger partial charge in [-0.05, 0) is 100 Å². The van der Waals surface area contributed by atoms with E-state index in [0.29, 0.717) is 63.7 Å². The van der Waals surface area contributed by atoms with Gasteiger partial charge in [0, 0.05) is 48.9 Å². The van der Waals surface area contributed by atoms with E-state index in [-0.39, 0.29) is 53.4 Å². The Labute approximate surface area is 310 Å². The Balaban J connectivity index is 0.934. The second-order valence-corrected chi connectivity index (χ2v) is 17.0. The summed E-state index contributed by atoms with van der Waals surface area (Å²) in [6.07, 6.45) is 19.3. The molecule has 5 aliphatic carbocycles. The number of aryl methyl sites for hydroxylation is 1. The summed E-state index contributed by atoms with van der Waals surface area (Å²) in [5, 5.41) is 43.7. The van der Waals surface area contributed by atoms with E-state index in [0.717, 1.165) is 32.1 Å². The van der Waals surface area contributed by atoms with Gasteiger partial charge in [-0.15, -0.1) is 0 Å². The number of fused-ring (bicyclic) bond motifs is 5. The maximum Gasteiger partial charge on any atom is 0.165 e. The second kappa shape index (κ2) is 16.2. The molecule has 10 atom stereocenters. The van der Waals surface area contributed by atoms with E-state index in [4.69, 9.17) is 0 Å². The van der Waals surface area contributed by atoms with Gasteiger partial charge >= 0.3 is 0 Å². The fourth-order valence-corrected chi connectivity index (χ4v) is 10.7. The lowest BCUT2D eigenvalue weighted by Crippen LogP contribution is -2.54. The predicted octanol–water partition coefficient (Wildman–Crippen LogP) is 7.11. The monoisotopic (exact) mass is 712 g/mol. The third kappa shape index (κ3) is 7.80. The van der Waals surface area contributed by atoms with Crippen LogP contribution in [-0.4, -0.2) is 61.7 Å². The zero-order valence-corrected chi connectivity index (χ0v) is 31.2. The van der Waals surface area contributed by atoms with Crippen molar-refractivity contribution in [3.63, 3.8) is 0 Å². The number of hydrogen-bond donors (Lipinski definition) is 4. The molecule has 1 aromatic carbocycles. The minimum absolute atomic E-state index is 0.0348. The van der Waals surface area contributed by atoms with Gasteiger partial charge in [-0.25, -0.2) is 0 Å². The van der Waals surface area contributed by atoms with Crippen molar-refractivity contribution in [2.75, 3.05) is 0 Å². The summed E-state index contributed by atoms with van der Waals surface area (Å²) in [5.74, 6) is 0.231. The van der Waals surface area contributed by atoms with E-state index in [9.17, 15) is 34.8 Å². The SMILES string of the molecule is C[C@]12CCC(=O)C=C1CC[C@@H]1C2=CC[C@@]2(C)[C@H]1CC[C@]2(O)C(=O)CCC(=O)CCC/C=C\C[C@@H]1[C@@H](/C=C/[C@@H](O)CCc2ccccc2)[C@H](O)C[C@@H]1O. The van der Waals surface area contributed by atoms with Gasteiger partial charge in [0.1, 0.15) is 11.4 Å². The first-order chi connectivity index (χ1) is 24.9. The number of rotatable bonds is 15. The number of allylic oxidation sites excluding steroid dienone is 6. The second-order valence-electron chi connectivity index (χ2n) is 17.0. The highest BCUT2D eigenvalue weighted by molar-refractivity contribution is 5.93. The van der Waals surface area contributed by atoms with E-state index in [1.807, 2.05) is 54.6 Å². The Morgan fingerprint density at radius 1 is 0.981 bits per heavy atom. The van der Waals surface area contributed by atoms with Crippen molar-refractivity contribution in [3.05, 3.63) is 83.5 Å². The van der Waals surface area contributed by atoms with Gasteiger partial charge in [0.25, 0.3) is 0 Å². The van der Waals surface area contributed by atoms with Crippen molar-refractivity contribution in [2.45, 2.75) is 140 Å². The molecule has 7 nitrogen and oxygen atoms in total. The average Bonchev–Trinajstić information content (AvgIpc) is 3.57. The lowest BCUT2D eigenvalue weighted by atomic mass is 9.50. The molecule has 4 N–H and O–H groups in total. The van der Waals surface area contributed by atoms with Crippen LogP contribution in [0.2, 0.25) is 0 Å². The molecule has 282 valence electrons. The van der Waals surface area contributed by atoms with Crippen LogP contribution in [0.15, 0.2) is 77.9 Å². The van der Waals surface area contributed by atoms with Crippen molar-refractivity contribution >= 4 is 17.3 Å². The molecule has 0 radical (unpaired) electrons. The van der Waals surface area contributed by atoms with Crippen molar-refractivity contribution < 1.29 is 34.8 Å². The number of ketones is 3. The number of unbranched alkanes of at least 4 members (excludes halogenated alkanes) is 1. The van der Waals surface area contributed by atoms with Crippen molar-refractivity contribution in [3.8, 4) is 0 Å².